The Hall–Kier alpha value is -1.15. The van der Waals surface area contributed by atoms with Gasteiger partial charge in [-0.15, -0.1) is 0 Å². The minimum atomic E-state index is -0.565. The number of carbonyl (C=O) groups excluding carboxylic acids is 2. The molecule has 3 N–H and O–H groups in total. The second-order valence-corrected chi connectivity index (χ2v) is 6.70. The number of esters is 1. The van der Waals surface area contributed by atoms with Gasteiger partial charge in [-0.25, -0.2) is 0 Å². The van der Waals surface area contributed by atoms with Crippen LogP contribution < -0.4 is 11.1 Å². The lowest BCUT2D eigenvalue weighted by atomic mass is 10.1. The Kier molecular flexibility index (Phi) is 9.86. The number of nitrogens with one attached hydrogen (secondary N) is 1. The second-order valence-electron chi connectivity index (χ2n) is 5.46. The van der Waals surface area contributed by atoms with Crippen LogP contribution in [0.1, 0.15) is 37.7 Å². The molecule has 23 heavy (non-hydrogen) atoms. The van der Waals surface area contributed by atoms with Crippen LogP contribution in [0.4, 0.5) is 0 Å². The highest BCUT2D eigenvalue weighted by Crippen LogP contribution is 2.09. The van der Waals surface area contributed by atoms with Crippen LogP contribution in [-0.4, -0.2) is 31.6 Å². The third-order valence-electron chi connectivity index (χ3n) is 3.55. The van der Waals surface area contributed by atoms with Gasteiger partial charge in [0, 0.05) is 16.5 Å². The molecular formula is C17H25IN2O3. The summed E-state index contributed by atoms with van der Waals surface area (Å²) >= 11 is 2.28. The van der Waals surface area contributed by atoms with Gasteiger partial charge in [0.1, 0.15) is 6.04 Å². The summed E-state index contributed by atoms with van der Waals surface area (Å²) in [4.78, 5) is 22.8. The predicted octanol–water partition coefficient (Wildman–Crippen LogP) is 2.40. The summed E-state index contributed by atoms with van der Waals surface area (Å²) in [7, 11) is 1.33. The number of hydrogen-bond acceptors (Lipinski definition) is 4. The van der Waals surface area contributed by atoms with Crippen LogP contribution in [0.25, 0.3) is 0 Å². The molecule has 0 saturated carbocycles. The lowest BCUT2D eigenvalue weighted by Gasteiger charge is -2.09. The maximum Gasteiger partial charge on any atom is 0.322 e. The minimum Gasteiger partial charge on any atom is -0.468 e. The molecule has 1 aromatic carbocycles. The summed E-state index contributed by atoms with van der Waals surface area (Å²) in [5.41, 5.74) is 6.90. The maximum absolute atomic E-state index is 11.7. The zero-order valence-corrected chi connectivity index (χ0v) is 15.7. The van der Waals surface area contributed by atoms with Gasteiger partial charge in [-0.05, 0) is 72.4 Å². The first-order chi connectivity index (χ1) is 11.0. The van der Waals surface area contributed by atoms with Crippen molar-refractivity contribution in [2.75, 3.05) is 13.7 Å². The molecule has 1 amide bonds. The Labute approximate surface area is 151 Å². The van der Waals surface area contributed by atoms with Gasteiger partial charge in [-0.2, -0.15) is 0 Å². The summed E-state index contributed by atoms with van der Waals surface area (Å²) in [6.07, 6.45) is 4.48. The molecule has 6 heteroatoms. The van der Waals surface area contributed by atoms with Gasteiger partial charge in [0.15, 0.2) is 0 Å². The fourth-order valence-corrected chi connectivity index (χ4v) is 2.54. The van der Waals surface area contributed by atoms with Crippen molar-refractivity contribution in [1.29, 1.82) is 0 Å². The van der Waals surface area contributed by atoms with Crippen LogP contribution >= 0.6 is 22.6 Å². The Bertz CT molecular complexity index is 491. The summed E-state index contributed by atoms with van der Waals surface area (Å²) in [6.45, 7) is 0.621. The standard InChI is InChI=1S/C17H25IN2O3/c1-23-17(22)15(19)6-2-3-12-20-16(21)7-4-5-13-8-10-14(18)11-9-13/h8-11,15H,2-7,12,19H2,1H3,(H,20,21). The van der Waals surface area contributed by atoms with E-state index in [9.17, 15) is 9.59 Å². The monoisotopic (exact) mass is 432 g/mol. The van der Waals surface area contributed by atoms with Gasteiger partial charge in [-0.3, -0.25) is 9.59 Å². The average Bonchev–Trinajstić information content (AvgIpc) is 2.55. The number of carbonyl (C=O) groups is 2. The molecule has 1 unspecified atom stereocenters. The van der Waals surface area contributed by atoms with E-state index in [1.165, 1.54) is 16.2 Å². The van der Waals surface area contributed by atoms with Gasteiger partial charge in [0.05, 0.1) is 7.11 Å². The number of methoxy groups -OCH3 is 1. The van der Waals surface area contributed by atoms with Crippen molar-refractivity contribution >= 4 is 34.5 Å². The Morgan fingerprint density at radius 1 is 1.22 bits per heavy atom. The first-order valence-corrected chi connectivity index (χ1v) is 8.95. The van der Waals surface area contributed by atoms with Crippen molar-refractivity contribution in [3.05, 3.63) is 33.4 Å². The Morgan fingerprint density at radius 3 is 2.57 bits per heavy atom. The number of amides is 1. The fourth-order valence-electron chi connectivity index (χ4n) is 2.18. The number of hydrogen-bond donors (Lipinski definition) is 2. The first kappa shape index (κ1) is 19.9. The molecule has 5 nitrogen and oxygen atoms in total. The van der Waals surface area contributed by atoms with Crippen LogP contribution in [0.15, 0.2) is 24.3 Å². The fraction of sp³-hybridized carbons (Fsp3) is 0.529. The minimum absolute atomic E-state index is 0.0766. The predicted molar refractivity (Wildman–Crippen MR) is 98.9 cm³/mol. The van der Waals surface area contributed by atoms with E-state index in [1.807, 2.05) is 0 Å². The largest absolute Gasteiger partial charge is 0.468 e. The average molecular weight is 432 g/mol. The van der Waals surface area contributed by atoms with Crippen molar-refractivity contribution in [3.8, 4) is 0 Å². The van der Waals surface area contributed by atoms with E-state index in [4.69, 9.17) is 5.73 Å². The highest BCUT2D eigenvalue weighted by molar-refractivity contribution is 14.1. The van der Waals surface area contributed by atoms with E-state index in [1.54, 1.807) is 0 Å². The van der Waals surface area contributed by atoms with Crippen molar-refractivity contribution in [1.82, 2.24) is 5.32 Å². The molecule has 0 aliphatic heterocycles. The molecule has 0 heterocycles. The summed E-state index contributed by atoms with van der Waals surface area (Å²) in [5.74, 6) is -0.308. The van der Waals surface area contributed by atoms with Gasteiger partial charge < -0.3 is 15.8 Å². The zero-order chi connectivity index (χ0) is 17.1. The number of halogens is 1. The molecule has 0 saturated heterocycles. The van der Waals surface area contributed by atoms with E-state index in [0.717, 1.165) is 25.7 Å². The molecule has 1 rings (SSSR count). The lowest BCUT2D eigenvalue weighted by molar-refractivity contribution is -0.142. The summed E-state index contributed by atoms with van der Waals surface area (Å²) in [5, 5.41) is 2.90. The topological polar surface area (TPSA) is 81.4 Å². The van der Waals surface area contributed by atoms with Crippen molar-refractivity contribution in [2.45, 2.75) is 44.6 Å². The Balaban J connectivity index is 2.04. The highest BCUT2D eigenvalue weighted by atomic mass is 127. The van der Waals surface area contributed by atoms with Crippen molar-refractivity contribution in [2.24, 2.45) is 5.73 Å². The molecule has 0 aliphatic carbocycles. The molecule has 0 spiro atoms. The molecule has 128 valence electrons. The van der Waals surface area contributed by atoms with Gasteiger partial charge in [0.2, 0.25) is 5.91 Å². The van der Waals surface area contributed by atoms with Crippen LogP contribution in [0.5, 0.6) is 0 Å². The highest BCUT2D eigenvalue weighted by Gasteiger charge is 2.12. The molecule has 1 aromatic rings. The van der Waals surface area contributed by atoms with Crippen LogP contribution in [0.2, 0.25) is 0 Å². The van der Waals surface area contributed by atoms with E-state index < -0.39 is 6.04 Å². The lowest BCUT2D eigenvalue weighted by Crippen LogP contribution is -2.31. The number of ether oxygens (including phenoxy) is 1. The molecule has 0 radical (unpaired) electrons. The number of nitrogens with two attached hydrogens (primary N) is 1. The number of aryl methyl sites for hydroxylation is 1. The number of rotatable bonds is 10. The maximum atomic E-state index is 11.7. The molecule has 0 bridgehead atoms. The third-order valence-corrected chi connectivity index (χ3v) is 4.27. The van der Waals surface area contributed by atoms with E-state index in [0.29, 0.717) is 19.4 Å². The second kappa shape index (κ2) is 11.4. The first-order valence-electron chi connectivity index (χ1n) is 7.87. The Morgan fingerprint density at radius 2 is 1.91 bits per heavy atom. The van der Waals surface area contributed by atoms with Crippen molar-refractivity contribution < 1.29 is 14.3 Å². The van der Waals surface area contributed by atoms with Gasteiger partial charge >= 0.3 is 5.97 Å². The SMILES string of the molecule is COC(=O)C(N)CCCCNC(=O)CCCc1ccc(I)cc1. The van der Waals surface area contributed by atoms with Gasteiger partial charge in [-0.1, -0.05) is 12.1 Å². The number of benzene rings is 1. The molecular weight excluding hydrogens is 407 g/mol. The number of unbranched alkanes of at least 4 members (excludes halogenated alkanes) is 1. The molecule has 1 atom stereocenters. The molecule has 0 aliphatic rings. The normalized spacial score (nSPS) is 11.8. The van der Waals surface area contributed by atoms with Gasteiger partial charge in [0.25, 0.3) is 0 Å². The summed E-state index contributed by atoms with van der Waals surface area (Å²) < 4.78 is 5.78. The quantitative estimate of drug-likeness (QED) is 0.338. The summed E-state index contributed by atoms with van der Waals surface area (Å²) in [6, 6.07) is 7.79. The van der Waals surface area contributed by atoms with E-state index >= 15 is 0 Å². The molecule has 0 aromatic heterocycles. The smallest absolute Gasteiger partial charge is 0.322 e. The third kappa shape index (κ3) is 8.90. The van der Waals surface area contributed by atoms with Crippen LogP contribution in [0, 0.1) is 3.57 Å². The van der Waals surface area contributed by atoms with Crippen molar-refractivity contribution in [3.63, 3.8) is 0 Å². The molecule has 0 fully saturated rings. The van der Waals surface area contributed by atoms with E-state index in [2.05, 4.69) is 56.9 Å². The zero-order valence-electron chi connectivity index (χ0n) is 13.5. The van der Waals surface area contributed by atoms with E-state index in [-0.39, 0.29) is 11.9 Å². The van der Waals surface area contributed by atoms with Crippen LogP contribution in [0.3, 0.4) is 0 Å². The van der Waals surface area contributed by atoms with Crippen LogP contribution in [-0.2, 0) is 20.7 Å².